The van der Waals surface area contributed by atoms with E-state index in [1.54, 1.807) is 0 Å². The third-order valence-corrected chi connectivity index (χ3v) is 6.92. The predicted octanol–water partition coefficient (Wildman–Crippen LogP) is 7.73. The van der Waals surface area contributed by atoms with Crippen LogP contribution in [0, 0.1) is 0 Å². The molecule has 0 radical (unpaired) electrons. The van der Waals surface area contributed by atoms with Crippen LogP contribution in [0.4, 0.5) is 0 Å². The average Bonchev–Trinajstić information content (AvgIpc) is 3.29. The van der Waals surface area contributed by atoms with Crippen molar-refractivity contribution in [3.8, 4) is 27.9 Å². The fourth-order valence-electron chi connectivity index (χ4n) is 5.31. The summed E-state index contributed by atoms with van der Waals surface area (Å²) in [7, 11) is 0. The van der Waals surface area contributed by atoms with Crippen molar-refractivity contribution in [2.24, 2.45) is 0 Å². The molecule has 0 unspecified atom stereocenters. The molecule has 0 bridgehead atoms. The number of fused-ring (bicyclic) bond motifs is 5. The summed E-state index contributed by atoms with van der Waals surface area (Å²) in [6, 6.07) is 45.2. The van der Waals surface area contributed by atoms with Crippen molar-refractivity contribution >= 4 is 27.5 Å². The molecule has 170 valence electrons. The van der Waals surface area contributed by atoms with Crippen molar-refractivity contribution in [2.75, 3.05) is 0 Å². The first kappa shape index (κ1) is 20.5. The Morgan fingerprint density at radius 1 is 0.472 bits per heavy atom. The Hall–Kier alpha value is -4.89. The zero-order chi connectivity index (χ0) is 24.1. The van der Waals surface area contributed by atoms with Gasteiger partial charge in [-0.1, -0.05) is 103 Å². The molecule has 2 aromatic heterocycles. The van der Waals surface area contributed by atoms with Crippen LogP contribution in [-0.4, -0.2) is 8.97 Å². The fourth-order valence-corrected chi connectivity index (χ4v) is 5.31. The lowest BCUT2D eigenvalue weighted by atomic mass is 10.0. The van der Waals surface area contributed by atoms with Gasteiger partial charge in [0, 0.05) is 10.9 Å². The Morgan fingerprint density at radius 3 is 1.81 bits per heavy atom. The molecule has 0 aliphatic rings. The highest BCUT2D eigenvalue weighted by Gasteiger charge is 2.22. The zero-order valence-corrected chi connectivity index (χ0v) is 19.5. The highest BCUT2D eigenvalue weighted by Crippen LogP contribution is 2.39. The first-order valence-corrected chi connectivity index (χ1v) is 12.1. The maximum absolute atomic E-state index is 14.0. The predicted molar refractivity (Wildman–Crippen MR) is 149 cm³/mol. The van der Waals surface area contributed by atoms with E-state index in [4.69, 9.17) is 0 Å². The van der Waals surface area contributed by atoms with Gasteiger partial charge in [-0.25, -0.2) is 0 Å². The minimum absolute atomic E-state index is 0.0208. The molecule has 0 saturated heterocycles. The summed E-state index contributed by atoms with van der Waals surface area (Å²) < 4.78 is 4.13. The minimum Gasteiger partial charge on any atom is -0.294 e. The molecule has 36 heavy (non-hydrogen) atoms. The molecule has 0 atom stereocenters. The second-order valence-corrected chi connectivity index (χ2v) is 8.99. The van der Waals surface area contributed by atoms with Crippen molar-refractivity contribution in [3.05, 3.63) is 144 Å². The SMILES string of the molecule is O=c1c2ccccc2n2c3cc(-c4ccccc4)ccc3c(-c3ccccc3)c2n1-c1ccccc1. The van der Waals surface area contributed by atoms with Crippen LogP contribution in [0.3, 0.4) is 0 Å². The summed E-state index contributed by atoms with van der Waals surface area (Å²) in [5, 5.41) is 1.80. The van der Waals surface area contributed by atoms with Crippen LogP contribution < -0.4 is 5.56 Å². The topological polar surface area (TPSA) is 26.4 Å². The van der Waals surface area contributed by atoms with Crippen LogP contribution in [0.25, 0.3) is 55.4 Å². The molecular weight excluding hydrogens is 440 g/mol. The molecule has 7 aromatic rings. The van der Waals surface area contributed by atoms with Gasteiger partial charge >= 0.3 is 0 Å². The molecule has 5 aromatic carbocycles. The van der Waals surface area contributed by atoms with Crippen LogP contribution in [0.1, 0.15) is 0 Å². The molecule has 0 N–H and O–H groups in total. The van der Waals surface area contributed by atoms with Gasteiger partial charge in [0.25, 0.3) is 5.56 Å². The fraction of sp³-hybridized carbons (Fsp3) is 0. The number of hydrogen-bond donors (Lipinski definition) is 0. The Kier molecular flexibility index (Phi) is 4.61. The number of hydrogen-bond acceptors (Lipinski definition) is 1. The standard InChI is InChI=1S/C33H22N2O/c36-33-28-18-10-11-19-29(28)35-30-22-25(23-12-4-1-5-13-23)20-21-27(30)31(24-14-6-2-7-15-24)32(35)34(33)26-16-8-3-9-17-26/h1-22H. The van der Waals surface area contributed by atoms with Gasteiger partial charge in [-0.2, -0.15) is 0 Å². The van der Waals surface area contributed by atoms with Crippen molar-refractivity contribution in [2.45, 2.75) is 0 Å². The van der Waals surface area contributed by atoms with Gasteiger partial charge in [0.15, 0.2) is 0 Å². The van der Waals surface area contributed by atoms with Gasteiger partial charge in [0.1, 0.15) is 5.65 Å². The number of benzene rings is 5. The summed E-state index contributed by atoms with van der Waals surface area (Å²) in [5.41, 5.74) is 8.12. The molecule has 3 heteroatoms. The van der Waals surface area contributed by atoms with E-state index in [0.29, 0.717) is 5.39 Å². The average molecular weight is 463 g/mol. The maximum atomic E-state index is 14.0. The Morgan fingerprint density at radius 2 is 1.08 bits per heavy atom. The summed E-state index contributed by atoms with van der Waals surface area (Å²) in [4.78, 5) is 14.0. The van der Waals surface area contributed by atoms with Gasteiger partial charge in [0.05, 0.1) is 22.1 Å². The Labute approximate surface area is 208 Å². The van der Waals surface area contributed by atoms with Gasteiger partial charge in [-0.05, 0) is 47.0 Å². The normalized spacial score (nSPS) is 11.4. The quantitative estimate of drug-likeness (QED) is 0.264. The number of nitrogens with zero attached hydrogens (tertiary/aromatic N) is 2. The lowest BCUT2D eigenvalue weighted by Crippen LogP contribution is -2.21. The van der Waals surface area contributed by atoms with E-state index in [-0.39, 0.29) is 5.56 Å². The molecule has 3 nitrogen and oxygen atoms in total. The van der Waals surface area contributed by atoms with E-state index in [1.807, 2.05) is 71.3 Å². The lowest BCUT2D eigenvalue weighted by molar-refractivity contribution is 1.01. The highest BCUT2D eigenvalue weighted by molar-refractivity contribution is 6.08. The number of rotatable bonds is 3. The van der Waals surface area contributed by atoms with Crippen LogP contribution in [0.2, 0.25) is 0 Å². The van der Waals surface area contributed by atoms with E-state index in [1.165, 1.54) is 0 Å². The second-order valence-electron chi connectivity index (χ2n) is 8.99. The van der Waals surface area contributed by atoms with Gasteiger partial charge in [-0.3, -0.25) is 13.8 Å². The molecule has 0 amide bonds. The number of aromatic nitrogens is 2. The van der Waals surface area contributed by atoms with Gasteiger partial charge < -0.3 is 0 Å². The Bertz CT molecular complexity index is 1930. The first-order chi connectivity index (χ1) is 17.8. The summed E-state index contributed by atoms with van der Waals surface area (Å²) in [5.74, 6) is 0. The van der Waals surface area contributed by atoms with E-state index < -0.39 is 0 Å². The molecule has 7 rings (SSSR count). The van der Waals surface area contributed by atoms with E-state index in [9.17, 15) is 4.79 Å². The molecule has 0 aliphatic carbocycles. The highest BCUT2D eigenvalue weighted by atomic mass is 16.1. The molecule has 0 saturated carbocycles. The largest absolute Gasteiger partial charge is 0.294 e. The minimum atomic E-state index is -0.0208. The van der Waals surface area contributed by atoms with Crippen LogP contribution >= 0.6 is 0 Å². The molecule has 0 fully saturated rings. The van der Waals surface area contributed by atoms with E-state index in [0.717, 1.165) is 50.0 Å². The Balaban J connectivity index is 1.75. The third-order valence-electron chi connectivity index (χ3n) is 6.92. The van der Waals surface area contributed by atoms with Crippen LogP contribution in [-0.2, 0) is 0 Å². The smallest absolute Gasteiger partial charge is 0.266 e. The summed E-state index contributed by atoms with van der Waals surface area (Å²) in [6.45, 7) is 0. The van der Waals surface area contributed by atoms with Gasteiger partial charge in [-0.15, -0.1) is 0 Å². The van der Waals surface area contributed by atoms with Crippen LogP contribution in [0.5, 0.6) is 0 Å². The summed E-state index contributed by atoms with van der Waals surface area (Å²) >= 11 is 0. The number of para-hydroxylation sites is 2. The van der Waals surface area contributed by atoms with Crippen molar-refractivity contribution < 1.29 is 0 Å². The van der Waals surface area contributed by atoms with Crippen molar-refractivity contribution in [1.82, 2.24) is 8.97 Å². The van der Waals surface area contributed by atoms with E-state index in [2.05, 4.69) is 71.1 Å². The van der Waals surface area contributed by atoms with Crippen molar-refractivity contribution in [1.29, 1.82) is 0 Å². The summed E-state index contributed by atoms with van der Waals surface area (Å²) in [6.07, 6.45) is 0. The third kappa shape index (κ3) is 3.03. The maximum Gasteiger partial charge on any atom is 0.266 e. The van der Waals surface area contributed by atoms with E-state index >= 15 is 0 Å². The monoisotopic (exact) mass is 462 g/mol. The van der Waals surface area contributed by atoms with Crippen molar-refractivity contribution in [3.63, 3.8) is 0 Å². The lowest BCUT2D eigenvalue weighted by Gasteiger charge is -2.14. The molecular formula is C33H22N2O. The molecule has 0 spiro atoms. The van der Waals surface area contributed by atoms with Gasteiger partial charge in [0.2, 0.25) is 0 Å². The first-order valence-electron chi connectivity index (χ1n) is 12.1. The van der Waals surface area contributed by atoms with Crippen LogP contribution in [0.15, 0.2) is 138 Å². The second kappa shape index (κ2) is 8.10. The molecule has 0 aliphatic heterocycles. The zero-order valence-electron chi connectivity index (χ0n) is 19.5. The molecule has 2 heterocycles.